The lowest BCUT2D eigenvalue weighted by Crippen LogP contribution is -2.18. The molecule has 1 aromatic carbocycles. The van der Waals surface area contributed by atoms with Crippen molar-refractivity contribution >= 4 is 5.95 Å². The average molecular weight is 322 g/mol. The second kappa shape index (κ2) is 6.44. The number of benzene rings is 1. The van der Waals surface area contributed by atoms with E-state index in [1.165, 1.54) is 24.5 Å². The monoisotopic (exact) mass is 322 g/mol. The Morgan fingerprint density at radius 1 is 1.17 bits per heavy atom. The number of hydrogen-bond donors (Lipinski definition) is 1. The lowest BCUT2D eigenvalue weighted by Gasteiger charge is -2.27. The first-order chi connectivity index (χ1) is 11.0. The van der Waals surface area contributed by atoms with Crippen molar-refractivity contribution in [2.75, 3.05) is 5.32 Å². The van der Waals surface area contributed by atoms with Crippen LogP contribution >= 0.6 is 0 Å². The normalized spacial score (nSPS) is 15.1. The van der Waals surface area contributed by atoms with E-state index < -0.39 is 6.36 Å². The molecule has 23 heavy (non-hydrogen) atoms. The lowest BCUT2D eigenvalue weighted by molar-refractivity contribution is -0.274. The Morgan fingerprint density at radius 3 is 2.52 bits per heavy atom. The van der Waals surface area contributed by atoms with Gasteiger partial charge >= 0.3 is 6.36 Å². The molecular formula is C16H15F3N3O. The van der Waals surface area contributed by atoms with Crippen LogP contribution in [0.1, 0.15) is 36.3 Å². The molecule has 7 heteroatoms. The van der Waals surface area contributed by atoms with Gasteiger partial charge in [-0.15, -0.1) is 13.2 Å². The fraction of sp³-hybridized carbons (Fsp3) is 0.375. The molecule has 0 spiro atoms. The van der Waals surface area contributed by atoms with E-state index in [1.54, 1.807) is 0 Å². The van der Waals surface area contributed by atoms with Gasteiger partial charge in [-0.05, 0) is 42.0 Å². The van der Waals surface area contributed by atoms with Crippen LogP contribution in [0.3, 0.4) is 0 Å². The molecule has 2 aromatic rings. The molecule has 0 atom stereocenters. The number of rotatable bonds is 5. The van der Waals surface area contributed by atoms with Crippen LogP contribution in [-0.2, 0) is 6.54 Å². The van der Waals surface area contributed by atoms with Crippen LogP contribution in [0.15, 0.2) is 30.6 Å². The number of aromatic nitrogens is 2. The third-order valence-electron chi connectivity index (χ3n) is 3.77. The predicted octanol–water partition coefficient (Wildman–Crippen LogP) is 4.05. The number of nitrogens with one attached hydrogen (secondary N) is 1. The molecule has 1 heterocycles. The van der Waals surface area contributed by atoms with Crippen molar-refractivity contribution in [3.05, 3.63) is 47.8 Å². The number of nitrogens with zero attached hydrogens (tertiary/aromatic N) is 2. The highest BCUT2D eigenvalue weighted by molar-refractivity contribution is 5.39. The maximum atomic E-state index is 12.5. The minimum Gasteiger partial charge on any atom is -0.406 e. The van der Waals surface area contributed by atoms with E-state index >= 15 is 0 Å². The van der Waals surface area contributed by atoms with Gasteiger partial charge < -0.3 is 10.1 Å². The quantitative estimate of drug-likeness (QED) is 0.902. The minimum absolute atomic E-state index is 0.180. The second-order valence-corrected chi connectivity index (χ2v) is 5.45. The van der Waals surface area contributed by atoms with E-state index in [0.717, 1.165) is 24.8 Å². The summed E-state index contributed by atoms with van der Waals surface area (Å²) in [6.07, 6.45) is 1.36. The van der Waals surface area contributed by atoms with Gasteiger partial charge in [-0.25, -0.2) is 9.97 Å². The third kappa shape index (κ3) is 4.34. The Balaban J connectivity index is 1.78. The molecule has 3 rings (SSSR count). The molecule has 1 aliphatic carbocycles. The van der Waals surface area contributed by atoms with Gasteiger partial charge in [-0.1, -0.05) is 12.5 Å². The second-order valence-electron chi connectivity index (χ2n) is 5.45. The van der Waals surface area contributed by atoms with Crippen molar-refractivity contribution in [1.82, 2.24) is 9.97 Å². The van der Waals surface area contributed by atoms with Crippen molar-refractivity contribution in [3.8, 4) is 5.75 Å². The Morgan fingerprint density at radius 2 is 1.91 bits per heavy atom. The van der Waals surface area contributed by atoms with Crippen molar-refractivity contribution in [2.45, 2.75) is 38.1 Å². The van der Waals surface area contributed by atoms with Gasteiger partial charge in [0, 0.05) is 25.0 Å². The van der Waals surface area contributed by atoms with E-state index in [0.29, 0.717) is 24.0 Å². The van der Waals surface area contributed by atoms with Gasteiger partial charge in [0.15, 0.2) is 0 Å². The van der Waals surface area contributed by atoms with Crippen LogP contribution in [0.5, 0.6) is 5.75 Å². The Kier molecular flexibility index (Phi) is 4.36. The largest absolute Gasteiger partial charge is 0.573 e. The van der Waals surface area contributed by atoms with Crippen LogP contribution in [0, 0.1) is 6.07 Å². The highest BCUT2D eigenvalue weighted by Gasteiger charge is 2.32. The first kappa shape index (κ1) is 15.6. The molecule has 1 aromatic heterocycles. The molecule has 1 saturated carbocycles. The zero-order valence-corrected chi connectivity index (χ0v) is 12.2. The molecule has 0 unspecified atom stereocenters. The minimum atomic E-state index is -4.69. The van der Waals surface area contributed by atoms with Crippen molar-refractivity contribution in [2.24, 2.45) is 0 Å². The zero-order chi connectivity index (χ0) is 16.3. The highest BCUT2D eigenvalue weighted by atomic mass is 19.4. The van der Waals surface area contributed by atoms with E-state index in [4.69, 9.17) is 0 Å². The van der Waals surface area contributed by atoms with Crippen LogP contribution in [0.2, 0.25) is 0 Å². The van der Waals surface area contributed by atoms with Gasteiger partial charge in [0.25, 0.3) is 0 Å². The molecule has 1 fully saturated rings. The molecule has 0 saturated heterocycles. The number of alkyl halides is 3. The van der Waals surface area contributed by atoms with E-state index in [1.807, 2.05) is 6.07 Å². The molecular weight excluding hydrogens is 307 g/mol. The first-order valence-corrected chi connectivity index (χ1v) is 7.31. The number of anilines is 1. The summed E-state index contributed by atoms with van der Waals surface area (Å²) in [5.41, 5.74) is 1.59. The van der Waals surface area contributed by atoms with Crippen molar-refractivity contribution in [1.29, 1.82) is 0 Å². The smallest absolute Gasteiger partial charge is 0.406 e. The summed E-state index contributed by atoms with van der Waals surface area (Å²) in [4.78, 5) is 7.94. The number of ether oxygens (including phenoxy) is 1. The summed E-state index contributed by atoms with van der Waals surface area (Å²) >= 11 is 0. The summed E-state index contributed by atoms with van der Waals surface area (Å²) in [6, 6.07) is 7.48. The number of hydrogen-bond acceptors (Lipinski definition) is 4. The molecule has 121 valence electrons. The number of halogens is 3. The molecule has 0 aliphatic heterocycles. The zero-order valence-electron chi connectivity index (χ0n) is 12.2. The molecule has 0 bridgehead atoms. The van der Waals surface area contributed by atoms with Crippen LogP contribution in [0.4, 0.5) is 19.1 Å². The Hall–Kier alpha value is -2.31. The van der Waals surface area contributed by atoms with Gasteiger partial charge in [-0.3, -0.25) is 0 Å². The fourth-order valence-corrected chi connectivity index (χ4v) is 2.49. The average Bonchev–Trinajstić information content (AvgIpc) is 2.42. The first-order valence-electron chi connectivity index (χ1n) is 7.31. The summed E-state index contributed by atoms with van der Waals surface area (Å²) in [5, 5.41) is 2.97. The Labute approximate surface area is 131 Å². The SMILES string of the molecule is FC(F)(F)Oc1cc(CNc2nc[c]cn2)cc(C2CCC2)c1. The molecule has 1 aliphatic rings. The van der Waals surface area contributed by atoms with Crippen LogP contribution < -0.4 is 10.1 Å². The fourth-order valence-electron chi connectivity index (χ4n) is 2.49. The van der Waals surface area contributed by atoms with Gasteiger partial charge in [0.05, 0.1) is 0 Å². The Bertz CT molecular complexity index is 657. The molecule has 0 amide bonds. The predicted molar refractivity (Wildman–Crippen MR) is 77.9 cm³/mol. The highest BCUT2D eigenvalue weighted by Crippen LogP contribution is 2.38. The van der Waals surface area contributed by atoms with E-state index in [-0.39, 0.29) is 5.75 Å². The van der Waals surface area contributed by atoms with E-state index in [9.17, 15) is 13.2 Å². The maximum absolute atomic E-state index is 12.5. The third-order valence-corrected chi connectivity index (χ3v) is 3.77. The van der Waals surface area contributed by atoms with Crippen molar-refractivity contribution in [3.63, 3.8) is 0 Å². The van der Waals surface area contributed by atoms with Gasteiger partial charge in [-0.2, -0.15) is 0 Å². The van der Waals surface area contributed by atoms with E-state index in [2.05, 4.69) is 26.1 Å². The topological polar surface area (TPSA) is 47.0 Å². The summed E-state index contributed by atoms with van der Waals surface area (Å²) < 4.78 is 41.6. The lowest BCUT2D eigenvalue weighted by atomic mass is 9.79. The molecule has 4 nitrogen and oxygen atoms in total. The summed E-state index contributed by atoms with van der Waals surface area (Å²) in [6.45, 7) is 0.318. The summed E-state index contributed by atoms with van der Waals surface area (Å²) in [5.74, 6) is 0.533. The van der Waals surface area contributed by atoms with Gasteiger partial charge in [0.2, 0.25) is 5.95 Å². The summed E-state index contributed by atoms with van der Waals surface area (Å²) in [7, 11) is 0. The van der Waals surface area contributed by atoms with Crippen molar-refractivity contribution < 1.29 is 17.9 Å². The van der Waals surface area contributed by atoms with Crippen LogP contribution in [0.25, 0.3) is 0 Å². The van der Waals surface area contributed by atoms with Gasteiger partial charge in [0.1, 0.15) is 5.75 Å². The molecule has 1 N–H and O–H groups in total. The maximum Gasteiger partial charge on any atom is 0.573 e. The molecule has 1 radical (unpaired) electrons. The standard InChI is InChI=1S/C16H15F3N3O/c17-16(18,19)23-14-8-11(7-13(9-14)12-3-1-4-12)10-22-15-20-5-2-6-21-15/h5-9,12H,1,3-4,10H2,(H,20,21,22). The van der Waals surface area contributed by atoms with Crippen LogP contribution in [-0.4, -0.2) is 16.3 Å².